The maximum atomic E-state index is 6.49. The van der Waals surface area contributed by atoms with E-state index in [1.807, 2.05) is 43.3 Å². The molecule has 1 heterocycles. The van der Waals surface area contributed by atoms with E-state index in [9.17, 15) is 0 Å². The lowest BCUT2D eigenvalue weighted by molar-refractivity contribution is 0.415. The summed E-state index contributed by atoms with van der Waals surface area (Å²) in [4.78, 5) is 4.40. The Bertz CT molecular complexity index is 797. The zero-order valence-electron chi connectivity index (χ0n) is 14.1. The van der Waals surface area contributed by atoms with E-state index in [0.717, 1.165) is 28.2 Å². The molecule has 2 atom stereocenters. The van der Waals surface area contributed by atoms with Gasteiger partial charge in [0.2, 0.25) is 0 Å². The van der Waals surface area contributed by atoms with Crippen molar-refractivity contribution in [1.29, 1.82) is 0 Å². The van der Waals surface area contributed by atoms with Gasteiger partial charge in [0, 0.05) is 5.71 Å². The van der Waals surface area contributed by atoms with E-state index < -0.39 is 11.7 Å². The minimum absolute atomic E-state index is 0.428. The molecule has 2 unspecified atom stereocenters. The Morgan fingerprint density at radius 3 is 2.54 bits per heavy atom. The summed E-state index contributed by atoms with van der Waals surface area (Å²) in [6, 6.07) is 16.4. The van der Waals surface area contributed by atoms with Crippen molar-refractivity contribution < 1.29 is 4.74 Å². The monoisotopic (exact) mass is 321 g/mol. The van der Waals surface area contributed by atoms with Crippen LogP contribution in [0.4, 0.5) is 0 Å². The molecule has 0 aromatic heterocycles. The molecule has 3 rings (SSSR count). The molecule has 0 amide bonds. The third-order valence-corrected chi connectivity index (χ3v) is 4.37. The van der Waals surface area contributed by atoms with Gasteiger partial charge in [-0.3, -0.25) is 4.99 Å². The molecule has 0 radical (unpaired) electrons. The highest BCUT2D eigenvalue weighted by Crippen LogP contribution is 2.27. The number of allylic oxidation sites excluding steroid dienone is 1. The van der Waals surface area contributed by atoms with E-state index in [1.54, 1.807) is 7.11 Å². The van der Waals surface area contributed by atoms with Crippen LogP contribution in [-0.4, -0.2) is 24.5 Å². The molecule has 0 spiro atoms. The Morgan fingerprint density at radius 2 is 1.83 bits per heavy atom. The van der Waals surface area contributed by atoms with E-state index in [4.69, 9.17) is 16.2 Å². The number of hydrogen-bond donors (Lipinski definition) is 2. The summed E-state index contributed by atoms with van der Waals surface area (Å²) in [7, 11) is 1.67. The van der Waals surface area contributed by atoms with Gasteiger partial charge >= 0.3 is 0 Å². The van der Waals surface area contributed by atoms with Crippen LogP contribution in [0.25, 0.3) is 11.1 Å². The fraction of sp³-hybridized carbons (Fsp3) is 0.250. The third kappa shape index (κ3) is 3.40. The van der Waals surface area contributed by atoms with Crippen LogP contribution in [0, 0.1) is 0 Å². The van der Waals surface area contributed by atoms with Gasteiger partial charge in [0.1, 0.15) is 11.9 Å². The average Bonchev–Trinajstić information content (AvgIpc) is 2.59. The van der Waals surface area contributed by atoms with Crippen LogP contribution in [0.2, 0.25) is 0 Å². The second-order valence-corrected chi connectivity index (χ2v) is 6.27. The van der Waals surface area contributed by atoms with Crippen molar-refractivity contribution in [1.82, 2.24) is 0 Å². The summed E-state index contributed by atoms with van der Waals surface area (Å²) in [5.41, 5.74) is 16.3. The normalized spacial score (nSPS) is 23.0. The Labute approximate surface area is 142 Å². The molecule has 4 heteroatoms. The SMILES string of the molecule is COc1cccc(-c2cccc(CC3(N)C=CC(C)=NC3N)c2)c1. The van der Waals surface area contributed by atoms with Crippen molar-refractivity contribution in [3.8, 4) is 16.9 Å². The molecule has 4 nitrogen and oxygen atoms in total. The number of benzene rings is 2. The van der Waals surface area contributed by atoms with Crippen molar-refractivity contribution in [2.24, 2.45) is 16.5 Å². The molecule has 24 heavy (non-hydrogen) atoms. The Morgan fingerprint density at radius 1 is 1.12 bits per heavy atom. The first-order chi connectivity index (χ1) is 11.5. The Kier molecular flexibility index (Phi) is 4.51. The molecule has 1 aliphatic heterocycles. The molecule has 1 aliphatic rings. The highest BCUT2D eigenvalue weighted by atomic mass is 16.5. The van der Waals surface area contributed by atoms with Crippen LogP contribution in [0.5, 0.6) is 5.75 Å². The number of aliphatic imine (C=N–C) groups is 1. The number of ether oxygens (including phenoxy) is 1. The van der Waals surface area contributed by atoms with Gasteiger partial charge in [-0.2, -0.15) is 0 Å². The molecule has 4 N–H and O–H groups in total. The molecule has 0 aliphatic carbocycles. The fourth-order valence-electron chi connectivity index (χ4n) is 2.94. The lowest BCUT2D eigenvalue weighted by Gasteiger charge is -2.33. The van der Waals surface area contributed by atoms with E-state index >= 15 is 0 Å². The van der Waals surface area contributed by atoms with Crippen LogP contribution in [0.3, 0.4) is 0 Å². The van der Waals surface area contributed by atoms with Crippen LogP contribution in [0.15, 0.2) is 65.7 Å². The molecule has 2 aromatic carbocycles. The Hall–Kier alpha value is -2.43. The molecule has 0 saturated carbocycles. The number of hydrogen-bond acceptors (Lipinski definition) is 4. The first kappa shape index (κ1) is 16.4. The van der Waals surface area contributed by atoms with E-state index in [0.29, 0.717) is 6.42 Å². The summed E-state index contributed by atoms with van der Waals surface area (Å²) in [6.07, 6.45) is 4.12. The summed E-state index contributed by atoms with van der Waals surface area (Å²) in [5.74, 6) is 0.843. The standard InChI is InChI=1S/C20H23N3O/c1-14-9-10-20(22,19(21)23-14)13-15-5-3-6-16(11-15)17-7-4-8-18(12-17)24-2/h3-12,19H,13,21-22H2,1-2H3. The van der Waals surface area contributed by atoms with E-state index in [1.165, 1.54) is 0 Å². The lowest BCUT2D eigenvalue weighted by atomic mass is 9.86. The number of nitrogens with zero attached hydrogens (tertiary/aromatic N) is 1. The first-order valence-corrected chi connectivity index (χ1v) is 8.02. The van der Waals surface area contributed by atoms with Crippen LogP contribution >= 0.6 is 0 Å². The van der Waals surface area contributed by atoms with Gasteiger partial charge in [0.25, 0.3) is 0 Å². The highest BCUT2D eigenvalue weighted by Gasteiger charge is 2.32. The average molecular weight is 321 g/mol. The van der Waals surface area contributed by atoms with Crippen molar-refractivity contribution in [2.45, 2.75) is 25.0 Å². The van der Waals surface area contributed by atoms with Crippen LogP contribution in [0.1, 0.15) is 12.5 Å². The summed E-state index contributed by atoms with van der Waals surface area (Å²) >= 11 is 0. The van der Waals surface area contributed by atoms with Crippen LogP contribution in [-0.2, 0) is 6.42 Å². The summed E-state index contributed by atoms with van der Waals surface area (Å²) in [5, 5.41) is 0. The summed E-state index contributed by atoms with van der Waals surface area (Å²) < 4.78 is 5.31. The molecular formula is C20H23N3O. The quantitative estimate of drug-likeness (QED) is 0.909. The minimum Gasteiger partial charge on any atom is -0.497 e. The zero-order chi connectivity index (χ0) is 17.2. The van der Waals surface area contributed by atoms with Gasteiger partial charge in [-0.1, -0.05) is 42.5 Å². The van der Waals surface area contributed by atoms with Crippen molar-refractivity contribution >= 4 is 5.71 Å². The molecule has 124 valence electrons. The van der Waals surface area contributed by atoms with E-state index in [-0.39, 0.29) is 0 Å². The second kappa shape index (κ2) is 6.59. The topological polar surface area (TPSA) is 73.6 Å². The molecule has 0 bridgehead atoms. The number of nitrogens with two attached hydrogens (primary N) is 2. The number of dihydropyridines is 1. The van der Waals surface area contributed by atoms with Crippen molar-refractivity contribution in [2.75, 3.05) is 7.11 Å². The maximum absolute atomic E-state index is 6.49. The number of rotatable bonds is 4. The van der Waals surface area contributed by atoms with Gasteiger partial charge in [-0.15, -0.1) is 0 Å². The highest BCUT2D eigenvalue weighted by molar-refractivity contribution is 5.94. The van der Waals surface area contributed by atoms with E-state index in [2.05, 4.69) is 29.3 Å². The largest absolute Gasteiger partial charge is 0.497 e. The third-order valence-electron chi connectivity index (χ3n) is 4.37. The van der Waals surface area contributed by atoms with Gasteiger partial charge in [0.15, 0.2) is 0 Å². The van der Waals surface area contributed by atoms with Crippen LogP contribution < -0.4 is 16.2 Å². The molecule has 0 saturated heterocycles. The molecular weight excluding hydrogens is 298 g/mol. The number of methoxy groups -OCH3 is 1. The fourth-order valence-corrected chi connectivity index (χ4v) is 2.94. The lowest BCUT2D eigenvalue weighted by Crippen LogP contribution is -2.56. The predicted octanol–water partition coefficient (Wildman–Crippen LogP) is 2.92. The first-order valence-electron chi connectivity index (χ1n) is 8.02. The molecule has 2 aromatic rings. The zero-order valence-corrected chi connectivity index (χ0v) is 14.1. The van der Waals surface area contributed by atoms with Crippen molar-refractivity contribution in [3.05, 3.63) is 66.2 Å². The van der Waals surface area contributed by atoms with Gasteiger partial charge in [-0.05, 0) is 48.2 Å². The Balaban J connectivity index is 1.87. The molecule has 0 fully saturated rings. The van der Waals surface area contributed by atoms with Gasteiger partial charge < -0.3 is 16.2 Å². The smallest absolute Gasteiger partial charge is 0.119 e. The van der Waals surface area contributed by atoms with Crippen molar-refractivity contribution in [3.63, 3.8) is 0 Å². The van der Waals surface area contributed by atoms with Gasteiger partial charge in [0.05, 0.1) is 12.6 Å². The maximum Gasteiger partial charge on any atom is 0.119 e. The van der Waals surface area contributed by atoms with Gasteiger partial charge in [-0.25, -0.2) is 0 Å². The second-order valence-electron chi connectivity index (χ2n) is 6.27. The minimum atomic E-state index is -0.660. The predicted molar refractivity (Wildman–Crippen MR) is 99.3 cm³/mol. The summed E-state index contributed by atoms with van der Waals surface area (Å²) in [6.45, 7) is 1.93.